The first kappa shape index (κ1) is 18.9. The summed E-state index contributed by atoms with van der Waals surface area (Å²) in [7, 11) is 1.57. The number of hydrogen-bond donors (Lipinski definition) is 1. The van der Waals surface area contributed by atoms with Gasteiger partial charge in [0.15, 0.2) is 6.61 Å². The maximum Gasteiger partial charge on any atom is 0.305 e. The molecule has 0 aromatic heterocycles. The molecule has 2 atom stereocenters. The van der Waals surface area contributed by atoms with Crippen LogP contribution in [-0.4, -0.2) is 54.3 Å². The molecule has 27 heavy (non-hydrogen) atoms. The standard InChI is InChI=1S/C21H23NO5/c1-26-17-11-16(12-21(24)25)22(13-17)20(23)14-27-19-10-6-5-9-18(19)15-7-3-2-4-8-15/h2-10,16-17H,11-14H2,1H3,(H,24,25). The Labute approximate surface area is 158 Å². The fourth-order valence-corrected chi connectivity index (χ4v) is 3.42. The first-order valence-corrected chi connectivity index (χ1v) is 8.89. The minimum absolute atomic E-state index is 0.0911. The summed E-state index contributed by atoms with van der Waals surface area (Å²) in [6.45, 7) is 0.243. The van der Waals surface area contributed by atoms with Crippen LogP contribution in [0.5, 0.6) is 5.75 Å². The average molecular weight is 369 g/mol. The van der Waals surface area contributed by atoms with Gasteiger partial charge in [0, 0.05) is 25.3 Å². The summed E-state index contributed by atoms with van der Waals surface area (Å²) in [6.07, 6.45) is 0.288. The molecule has 6 heteroatoms. The van der Waals surface area contributed by atoms with E-state index in [0.29, 0.717) is 18.7 Å². The molecule has 1 heterocycles. The highest BCUT2D eigenvalue weighted by Crippen LogP contribution is 2.30. The summed E-state index contributed by atoms with van der Waals surface area (Å²) in [4.78, 5) is 25.3. The van der Waals surface area contributed by atoms with Gasteiger partial charge in [-0.05, 0) is 18.1 Å². The van der Waals surface area contributed by atoms with Crippen molar-refractivity contribution in [2.24, 2.45) is 0 Å². The molecular formula is C21H23NO5. The van der Waals surface area contributed by atoms with Gasteiger partial charge in [-0.25, -0.2) is 0 Å². The molecule has 0 spiro atoms. The lowest BCUT2D eigenvalue weighted by Gasteiger charge is -2.23. The lowest BCUT2D eigenvalue weighted by atomic mass is 10.1. The predicted molar refractivity (Wildman–Crippen MR) is 101 cm³/mol. The Balaban J connectivity index is 1.70. The van der Waals surface area contributed by atoms with Crippen molar-refractivity contribution in [1.82, 2.24) is 4.90 Å². The number of carbonyl (C=O) groups excluding carboxylic acids is 1. The molecule has 2 unspecified atom stereocenters. The van der Waals surface area contributed by atoms with Crippen LogP contribution in [0, 0.1) is 0 Å². The van der Waals surface area contributed by atoms with Crippen LogP contribution in [0.4, 0.5) is 0 Å². The number of hydrogen-bond acceptors (Lipinski definition) is 4. The van der Waals surface area contributed by atoms with Gasteiger partial charge >= 0.3 is 5.97 Å². The molecule has 1 N–H and O–H groups in total. The molecular weight excluding hydrogens is 346 g/mol. The zero-order valence-electron chi connectivity index (χ0n) is 15.2. The van der Waals surface area contributed by atoms with Gasteiger partial charge in [0.25, 0.3) is 5.91 Å². The van der Waals surface area contributed by atoms with Gasteiger partial charge in [-0.1, -0.05) is 48.5 Å². The van der Waals surface area contributed by atoms with Crippen LogP contribution in [0.25, 0.3) is 11.1 Å². The number of carboxylic acids is 1. The van der Waals surface area contributed by atoms with Gasteiger partial charge in [-0.15, -0.1) is 0 Å². The van der Waals surface area contributed by atoms with E-state index in [0.717, 1.165) is 11.1 Å². The van der Waals surface area contributed by atoms with E-state index >= 15 is 0 Å². The summed E-state index contributed by atoms with van der Waals surface area (Å²) in [6, 6.07) is 17.0. The van der Waals surface area contributed by atoms with E-state index < -0.39 is 5.97 Å². The number of ether oxygens (including phenoxy) is 2. The van der Waals surface area contributed by atoms with E-state index in [1.807, 2.05) is 54.6 Å². The number of methoxy groups -OCH3 is 1. The van der Waals surface area contributed by atoms with E-state index in [1.54, 1.807) is 12.0 Å². The summed E-state index contributed by atoms with van der Waals surface area (Å²) < 4.78 is 11.1. The molecule has 142 valence electrons. The van der Waals surface area contributed by atoms with Gasteiger partial charge in [-0.2, -0.15) is 0 Å². The Morgan fingerprint density at radius 2 is 1.81 bits per heavy atom. The lowest BCUT2D eigenvalue weighted by molar-refractivity contribution is -0.140. The van der Waals surface area contributed by atoms with Crippen molar-refractivity contribution in [3.8, 4) is 16.9 Å². The van der Waals surface area contributed by atoms with Crippen LogP contribution < -0.4 is 4.74 Å². The molecule has 2 aromatic rings. The van der Waals surface area contributed by atoms with E-state index in [1.165, 1.54) is 0 Å². The second-order valence-electron chi connectivity index (χ2n) is 6.54. The van der Waals surface area contributed by atoms with Gasteiger partial charge in [-0.3, -0.25) is 9.59 Å². The van der Waals surface area contributed by atoms with Crippen LogP contribution in [0.3, 0.4) is 0 Å². The van der Waals surface area contributed by atoms with E-state index in [9.17, 15) is 9.59 Å². The molecule has 0 bridgehead atoms. The van der Waals surface area contributed by atoms with Crippen LogP contribution in [-0.2, 0) is 14.3 Å². The highest BCUT2D eigenvalue weighted by atomic mass is 16.5. The van der Waals surface area contributed by atoms with E-state index in [-0.39, 0.29) is 31.1 Å². The van der Waals surface area contributed by atoms with Crippen molar-refractivity contribution in [3.05, 3.63) is 54.6 Å². The summed E-state index contributed by atoms with van der Waals surface area (Å²) in [5.41, 5.74) is 1.91. The van der Waals surface area contributed by atoms with Gasteiger partial charge in [0.2, 0.25) is 0 Å². The molecule has 1 fully saturated rings. The third-order valence-electron chi connectivity index (χ3n) is 4.76. The second-order valence-corrected chi connectivity index (χ2v) is 6.54. The number of benzene rings is 2. The largest absolute Gasteiger partial charge is 0.483 e. The summed E-state index contributed by atoms with van der Waals surface area (Å²) in [5, 5.41) is 9.09. The molecule has 2 aromatic carbocycles. The fourth-order valence-electron chi connectivity index (χ4n) is 3.42. The number of carbonyl (C=O) groups is 2. The number of likely N-dealkylation sites (tertiary alicyclic amines) is 1. The molecule has 0 aliphatic carbocycles. The fraction of sp³-hybridized carbons (Fsp3) is 0.333. The zero-order valence-corrected chi connectivity index (χ0v) is 15.2. The van der Waals surface area contributed by atoms with Gasteiger partial charge in [0.1, 0.15) is 5.75 Å². The Kier molecular flexibility index (Phi) is 6.08. The Bertz CT molecular complexity index is 792. The van der Waals surface area contributed by atoms with Crippen molar-refractivity contribution in [3.63, 3.8) is 0 Å². The highest BCUT2D eigenvalue weighted by Gasteiger charge is 2.36. The summed E-state index contributed by atoms with van der Waals surface area (Å²) in [5.74, 6) is -0.539. The highest BCUT2D eigenvalue weighted by molar-refractivity contribution is 5.80. The van der Waals surface area contributed by atoms with Crippen molar-refractivity contribution in [1.29, 1.82) is 0 Å². The minimum Gasteiger partial charge on any atom is -0.483 e. The Hall–Kier alpha value is -2.86. The smallest absolute Gasteiger partial charge is 0.305 e. The number of nitrogens with zero attached hydrogens (tertiary/aromatic N) is 1. The first-order chi connectivity index (χ1) is 13.1. The SMILES string of the molecule is COC1CC(CC(=O)O)N(C(=O)COc2ccccc2-c2ccccc2)C1. The minimum atomic E-state index is -0.926. The molecule has 3 rings (SSSR count). The molecule has 0 saturated carbocycles. The molecule has 6 nitrogen and oxygen atoms in total. The van der Waals surface area contributed by atoms with Crippen molar-refractivity contribution < 1.29 is 24.2 Å². The number of aliphatic carboxylic acids is 1. The Morgan fingerprint density at radius 1 is 1.11 bits per heavy atom. The molecule has 1 aliphatic rings. The maximum atomic E-state index is 12.7. The van der Waals surface area contributed by atoms with Crippen LogP contribution in [0.1, 0.15) is 12.8 Å². The zero-order chi connectivity index (χ0) is 19.2. The van der Waals surface area contributed by atoms with Gasteiger partial charge < -0.3 is 19.5 Å². The maximum absolute atomic E-state index is 12.7. The van der Waals surface area contributed by atoms with Crippen LogP contribution in [0.2, 0.25) is 0 Å². The number of amides is 1. The van der Waals surface area contributed by atoms with Crippen LogP contribution in [0.15, 0.2) is 54.6 Å². The third-order valence-corrected chi connectivity index (χ3v) is 4.76. The molecule has 1 amide bonds. The molecule has 1 saturated heterocycles. The predicted octanol–water partition coefficient (Wildman–Crippen LogP) is 2.82. The van der Waals surface area contributed by atoms with Crippen molar-refractivity contribution in [2.75, 3.05) is 20.3 Å². The van der Waals surface area contributed by atoms with Crippen molar-refractivity contribution >= 4 is 11.9 Å². The quantitative estimate of drug-likeness (QED) is 0.812. The first-order valence-electron chi connectivity index (χ1n) is 8.89. The average Bonchev–Trinajstić information content (AvgIpc) is 3.09. The van der Waals surface area contributed by atoms with Crippen LogP contribution >= 0.6 is 0 Å². The topological polar surface area (TPSA) is 76.1 Å². The van der Waals surface area contributed by atoms with E-state index in [4.69, 9.17) is 14.6 Å². The lowest BCUT2D eigenvalue weighted by Crippen LogP contribution is -2.40. The normalized spacial score (nSPS) is 19.1. The van der Waals surface area contributed by atoms with Crippen molar-refractivity contribution in [2.45, 2.75) is 25.0 Å². The summed E-state index contributed by atoms with van der Waals surface area (Å²) >= 11 is 0. The monoisotopic (exact) mass is 369 g/mol. The van der Waals surface area contributed by atoms with Gasteiger partial charge in [0.05, 0.1) is 12.5 Å². The number of rotatable bonds is 7. The third kappa shape index (κ3) is 4.65. The van der Waals surface area contributed by atoms with E-state index in [2.05, 4.69) is 0 Å². The molecule has 0 radical (unpaired) electrons. The number of para-hydroxylation sites is 1. The Morgan fingerprint density at radius 3 is 2.52 bits per heavy atom. The number of carboxylic acid groups (broad SMARTS) is 1. The second kappa shape index (κ2) is 8.68. The molecule has 1 aliphatic heterocycles.